The molecule has 0 aliphatic heterocycles. The van der Waals surface area contributed by atoms with Gasteiger partial charge in [0.15, 0.2) is 0 Å². The van der Waals surface area contributed by atoms with Crippen molar-refractivity contribution in [2.75, 3.05) is 0 Å². The fourth-order valence-electron chi connectivity index (χ4n) is 0. The van der Waals surface area contributed by atoms with Gasteiger partial charge < -0.3 is 11.6 Å². The van der Waals surface area contributed by atoms with Gasteiger partial charge in [0.05, 0.1) is 0 Å². The molecule has 3 nitrogen and oxygen atoms in total. The molecule has 0 spiro atoms. The van der Waals surface area contributed by atoms with Crippen LogP contribution in [0.15, 0.2) is 0 Å². The van der Waals surface area contributed by atoms with Gasteiger partial charge in [-0.3, -0.25) is 0 Å². The Labute approximate surface area is 70.4 Å². The van der Waals surface area contributed by atoms with Crippen molar-refractivity contribution in [3.05, 3.63) is 0 Å². The Hall–Kier alpha value is 0.854. The number of carbonyl (C=O) groups is 1. The molecule has 0 saturated heterocycles. The van der Waals surface area contributed by atoms with E-state index in [1.807, 2.05) is 0 Å². The first-order chi connectivity index (χ1) is 1.73. The second kappa shape index (κ2) is 9.29. The van der Waals surface area contributed by atoms with E-state index in [2.05, 4.69) is 0 Å². The van der Waals surface area contributed by atoms with Crippen LogP contribution in [0.25, 0.3) is 0 Å². The van der Waals surface area contributed by atoms with Gasteiger partial charge in [0, 0.05) is 18.6 Å². The third kappa shape index (κ3) is 98.8. The Balaban J connectivity index is -0.0000000150. The summed E-state index contributed by atoms with van der Waals surface area (Å²) in [5.41, 5.74) is 0. The summed E-state index contributed by atoms with van der Waals surface area (Å²) in [7, 11) is 0. The van der Waals surface area contributed by atoms with Gasteiger partial charge in [0.1, 0.15) is 0 Å². The fraction of sp³-hybridized carbons (Fsp3) is 0. The van der Waals surface area contributed by atoms with Crippen LogP contribution in [0.4, 0.5) is 4.79 Å². The molecule has 0 saturated carbocycles. The summed E-state index contributed by atoms with van der Waals surface area (Å²) >= 11 is 0. The number of hydrogen-bond donors (Lipinski definition) is 2. The molecule has 0 aliphatic rings. The summed E-state index contributed by atoms with van der Waals surface area (Å²) in [6, 6.07) is 0. The summed E-state index contributed by atoms with van der Waals surface area (Å²) in [5.74, 6) is 0. The first kappa shape index (κ1) is 15.8. The normalized spacial score (nSPS) is 4.00. The maximum atomic E-state index is 8.56. The third-order valence-corrected chi connectivity index (χ3v) is 0. The molecule has 0 aromatic carbocycles. The molecule has 0 atom stereocenters. The number of rotatable bonds is 0. The predicted molar refractivity (Wildman–Crippen MR) is 11.8 cm³/mol. The minimum atomic E-state index is -1.83. The Bertz CT molecular complexity index is 37.9. The molecule has 0 unspecified atom stereocenters. The second-order valence-electron chi connectivity index (χ2n) is 0.283. The smallest absolute Gasteiger partial charge is 1.00 e. The third-order valence-electron chi connectivity index (χ3n) is 0. The molecule has 5 heteroatoms. The van der Waals surface area contributed by atoms with Crippen LogP contribution in [0.3, 0.4) is 0 Å². The Morgan fingerprint density at radius 3 is 1.50 bits per heavy atom. The molecule has 0 rings (SSSR count). The maximum Gasteiger partial charge on any atom is 1.00 e. The summed E-state index contributed by atoms with van der Waals surface area (Å²) in [6.45, 7) is 0. The van der Waals surface area contributed by atoms with Gasteiger partial charge in [-0.1, -0.05) is 0 Å². The second-order valence-corrected chi connectivity index (χ2v) is 0.283. The van der Waals surface area contributed by atoms with Gasteiger partial charge in [-0.25, -0.2) is 4.79 Å². The van der Waals surface area contributed by atoms with Gasteiger partial charge in [-0.15, -0.1) is 0 Å². The van der Waals surface area contributed by atoms with Crippen LogP contribution in [0.1, 0.15) is 1.43 Å². The molecular weight excluding hydrogens is 134 g/mol. The van der Waals surface area contributed by atoms with Crippen LogP contribution in [0.2, 0.25) is 0 Å². The Morgan fingerprint density at radius 1 is 1.50 bits per heavy atom. The van der Waals surface area contributed by atoms with Crippen LogP contribution in [-0.2, 0) is 18.6 Å². The van der Waals surface area contributed by atoms with Gasteiger partial charge >= 0.3 is 35.7 Å². The average Bonchev–Trinajstić information content (AvgIpc) is 0.811. The monoisotopic (exact) mass is 137 g/mol. The van der Waals surface area contributed by atoms with E-state index in [1.54, 1.807) is 0 Å². The molecule has 6 heavy (non-hydrogen) atoms. The fourth-order valence-corrected chi connectivity index (χ4v) is 0. The van der Waals surface area contributed by atoms with Crippen molar-refractivity contribution in [3.63, 3.8) is 0 Å². The van der Waals surface area contributed by atoms with Gasteiger partial charge in [-0.2, -0.15) is 0 Å². The zero-order valence-electron chi connectivity index (χ0n) is 4.25. The first-order valence-corrected chi connectivity index (χ1v) is 0.651. The molecule has 0 aromatic heterocycles. The van der Waals surface area contributed by atoms with Gasteiger partial charge in [0.2, 0.25) is 0 Å². The molecule has 0 aromatic rings. The van der Waals surface area contributed by atoms with Crippen LogP contribution in [0.5, 0.6) is 0 Å². The molecule has 2 N–H and O–H groups in total. The van der Waals surface area contributed by atoms with Crippen LogP contribution < -0.4 is 29.6 Å². The van der Waals surface area contributed by atoms with E-state index in [1.165, 1.54) is 0 Å². The summed E-state index contributed by atoms with van der Waals surface area (Å²) in [5, 5.41) is 13.9. The minimum Gasteiger partial charge on any atom is -1.00 e. The van der Waals surface area contributed by atoms with Gasteiger partial charge in [-0.05, 0) is 0 Å². The van der Waals surface area contributed by atoms with Crippen molar-refractivity contribution in [1.82, 2.24) is 0 Å². The standard InChI is InChI=1S/CH2O3.Na.V.H/c2-1(3)4;;;/h(H2,2,3,4);;;/q;+1;;-1. The molecule has 0 fully saturated rings. The minimum absolute atomic E-state index is 0. The SMILES string of the molecule is O=C(O)O.[H-].[Na+].[V]. The van der Waals surface area contributed by atoms with Crippen molar-refractivity contribution >= 4 is 6.16 Å². The molecule has 0 bridgehead atoms. The summed E-state index contributed by atoms with van der Waals surface area (Å²) in [6.07, 6.45) is -1.83. The zero-order chi connectivity index (χ0) is 3.58. The Morgan fingerprint density at radius 2 is 1.50 bits per heavy atom. The van der Waals surface area contributed by atoms with Crippen molar-refractivity contribution in [1.29, 1.82) is 0 Å². The van der Waals surface area contributed by atoms with Gasteiger partial charge in [0.25, 0.3) is 0 Å². The quantitative estimate of drug-likeness (QED) is 0.358. The topological polar surface area (TPSA) is 57.5 Å². The molecule has 0 aliphatic carbocycles. The van der Waals surface area contributed by atoms with E-state index in [0.717, 1.165) is 0 Å². The van der Waals surface area contributed by atoms with E-state index in [-0.39, 0.29) is 49.5 Å². The number of carboxylic acid groups (broad SMARTS) is 2. The molecule has 31 valence electrons. The maximum absolute atomic E-state index is 8.56. The van der Waals surface area contributed by atoms with Crippen molar-refractivity contribution < 1.29 is 64.5 Å². The molecular formula is CH3NaO3V. The molecule has 1 radical (unpaired) electrons. The van der Waals surface area contributed by atoms with E-state index in [4.69, 9.17) is 15.0 Å². The van der Waals surface area contributed by atoms with E-state index in [0.29, 0.717) is 0 Å². The largest absolute Gasteiger partial charge is 1.00 e. The van der Waals surface area contributed by atoms with Crippen LogP contribution >= 0.6 is 0 Å². The van der Waals surface area contributed by atoms with Crippen LogP contribution in [-0.4, -0.2) is 16.4 Å². The predicted octanol–water partition coefficient (Wildman–Crippen LogP) is -2.66. The van der Waals surface area contributed by atoms with E-state index in [9.17, 15) is 0 Å². The van der Waals surface area contributed by atoms with Crippen molar-refractivity contribution in [3.8, 4) is 0 Å². The Kier molecular flexibility index (Phi) is 24.5. The summed E-state index contributed by atoms with van der Waals surface area (Å²) in [4.78, 5) is 8.56. The van der Waals surface area contributed by atoms with E-state index < -0.39 is 6.16 Å². The first-order valence-electron chi connectivity index (χ1n) is 0.651. The molecule has 0 amide bonds. The molecule has 0 heterocycles. The average molecular weight is 137 g/mol. The van der Waals surface area contributed by atoms with E-state index >= 15 is 0 Å². The van der Waals surface area contributed by atoms with Crippen LogP contribution in [0, 0.1) is 0 Å². The summed E-state index contributed by atoms with van der Waals surface area (Å²) < 4.78 is 0. The zero-order valence-corrected chi connectivity index (χ0v) is 6.65. The van der Waals surface area contributed by atoms with Crippen molar-refractivity contribution in [2.45, 2.75) is 0 Å². The van der Waals surface area contributed by atoms with Crippen molar-refractivity contribution in [2.24, 2.45) is 0 Å². The number of hydrogen-bond acceptors (Lipinski definition) is 1.